The smallest absolute Gasteiger partial charge is 0.205 e. The van der Waals surface area contributed by atoms with E-state index in [1.54, 1.807) is 7.11 Å². The summed E-state index contributed by atoms with van der Waals surface area (Å²) in [6.07, 6.45) is 0.0851. The van der Waals surface area contributed by atoms with Crippen molar-refractivity contribution in [3.05, 3.63) is 5.01 Å². The monoisotopic (exact) mass is 217 g/mol. The third-order valence-corrected chi connectivity index (χ3v) is 2.49. The van der Waals surface area contributed by atoms with Crippen molar-refractivity contribution in [3.63, 3.8) is 0 Å². The van der Waals surface area contributed by atoms with E-state index in [1.807, 2.05) is 14.0 Å². The molecule has 14 heavy (non-hydrogen) atoms. The first-order valence-electron chi connectivity index (χ1n) is 4.37. The molecule has 1 N–H and O–H groups in total. The summed E-state index contributed by atoms with van der Waals surface area (Å²) in [5.74, 6) is 0. The summed E-state index contributed by atoms with van der Waals surface area (Å²) >= 11 is 1.49. The molecule has 1 heterocycles. The Labute approximate surface area is 87.4 Å². The van der Waals surface area contributed by atoms with Gasteiger partial charge in [0.15, 0.2) is 0 Å². The molecule has 1 aromatic heterocycles. The van der Waals surface area contributed by atoms with Crippen LogP contribution in [0.15, 0.2) is 0 Å². The molecule has 0 bridgehead atoms. The van der Waals surface area contributed by atoms with Crippen molar-refractivity contribution in [3.8, 4) is 0 Å². The molecule has 0 aliphatic heterocycles. The minimum Gasteiger partial charge on any atom is -0.382 e. The van der Waals surface area contributed by atoms with Gasteiger partial charge in [-0.25, -0.2) is 0 Å². The van der Waals surface area contributed by atoms with E-state index in [0.717, 1.165) is 10.1 Å². The van der Waals surface area contributed by atoms with Gasteiger partial charge in [-0.05, 0) is 6.92 Å². The Morgan fingerprint density at radius 3 is 2.86 bits per heavy atom. The third-order valence-electron chi connectivity index (χ3n) is 1.57. The van der Waals surface area contributed by atoms with Crippen molar-refractivity contribution in [1.29, 1.82) is 0 Å². The second-order valence-electron chi connectivity index (χ2n) is 2.83. The topological polar surface area (TPSA) is 56.3 Å². The number of aromatic nitrogens is 2. The predicted octanol–water partition coefficient (Wildman–Crippen LogP) is 1.13. The van der Waals surface area contributed by atoms with Crippen LogP contribution in [0.1, 0.15) is 11.9 Å². The summed E-state index contributed by atoms with van der Waals surface area (Å²) in [5, 5.41) is 12.5. The molecule has 0 amide bonds. The Kier molecular flexibility index (Phi) is 4.78. The summed E-state index contributed by atoms with van der Waals surface area (Å²) in [4.78, 5) is 0. The standard InChI is InChI=1S/C8H15N3O2S/c1-6(4-12-3)13-5-7-10-11-8(9-2)14-7/h6H,4-5H2,1-3H3,(H,9,11). The number of nitrogens with zero attached hydrogens (tertiary/aromatic N) is 2. The first kappa shape index (κ1) is 11.4. The average Bonchev–Trinajstić information content (AvgIpc) is 2.63. The largest absolute Gasteiger partial charge is 0.382 e. The van der Waals surface area contributed by atoms with Gasteiger partial charge in [0, 0.05) is 14.2 Å². The lowest BCUT2D eigenvalue weighted by Crippen LogP contribution is -2.14. The number of methoxy groups -OCH3 is 1. The number of ether oxygens (including phenoxy) is 2. The fourth-order valence-electron chi connectivity index (χ4n) is 0.909. The Balaban J connectivity index is 2.30. The van der Waals surface area contributed by atoms with Crippen molar-refractivity contribution in [2.24, 2.45) is 0 Å². The van der Waals surface area contributed by atoms with Crippen LogP contribution < -0.4 is 5.32 Å². The van der Waals surface area contributed by atoms with Gasteiger partial charge in [-0.2, -0.15) is 0 Å². The fraction of sp³-hybridized carbons (Fsp3) is 0.750. The normalized spacial score (nSPS) is 12.8. The third kappa shape index (κ3) is 3.57. The van der Waals surface area contributed by atoms with Crippen LogP contribution in [0.2, 0.25) is 0 Å². The molecular weight excluding hydrogens is 202 g/mol. The molecule has 0 aliphatic rings. The summed E-state index contributed by atoms with van der Waals surface area (Å²) < 4.78 is 10.4. The maximum atomic E-state index is 5.48. The van der Waals surface area contributed by atoms with Gasteiger partial charge in [-0.1, -0.05) is 11.3 Å². The van der Waals surface area contributed by atoms with Crippen molar-refractivity contribution in [2.75, 3.05) is 26.1 Å². The summed E-state index contributed by atoms with van der Waals surface area (Å²) in [6.45, 7) is 3.05. The van der Waals surface area contributed by atoms with E-state index < -0.39 is 0 Å². The summed E-state index contributed by atoms with van der Waals surface area (Å²) in [6, 6.07) is 0. The predicted molar refractivity (Wildman–Crippen MR) is 55.6 cm³/mol. The van der Waals surface area contributed by atoms with Crippen molar-refractivity contribution < 1.29 is 9.47 Å². The highest BCUT2D eigenvalue weighted by Crippen LogP contribution is 2.15. The van der Waals surface area contributed by atoms with E-state index in [4.69, 9.17) is 9.47 Å². The average molecular weight is 217 g/mol. The maximum Gasteiger partial charge on any atom is 0.205 e. The van der Waals surface area contributed by atoms with Crippen LogP contribution >= 0.6 is 11.3 Å². The van der Waals surface area contributed by atoms with E-state index in [9.17, 15) is 0 Å². The van der Waals surface area contributed by atoms with Crippen molar-refractivity contribution >= 4 is 16.5 Å². The zero-order chi connectivity index (χ0) is 10.4. The lowest BCUT2D eigenvalue weighted by molar-refractivity contribution is -0.000356. The zero-order valence-corrected chi connectivity index (χ0v) is 9.43. The molecule has 1 rings (SSSR count). The number of rotatable bonds is 6. The SMILES string of the molecule is CNc1nnc(COC(C)COC)s1. The number of hydrogen-bond donors (Lipinski definition) is 1. The van der Waals surface area contributed by atoms with Crippen LogP contribution in [0.25, 0.3) is 0 Å². The lowest BCUT2D eigenvalue weighted by Gasteiger charge is -2.09. The number of nitrogens with one attached hydrogen (secondary N) is 1. The molecule has 80 valence electrons. The van der Waals surface area contributed by atoms with E-state index in [2.05, 4.69) is 15.5 Å². The molecule has 0 radical (unpaired) electrons. The van der Waals surface area contributed by atoms with Gasteiger partial charge in [-0.3, -0.25) is 0 Å². The van der Waals surface area contributed by atoms with E-state index in [1.165, 1.54) is 11.3 Å². The highest BCUT2D eigenvalue weighted by molar-refractivity contribution is 7.15. The van der Waals surface area contributed by atoms with Crippen LogP contribution in [0.3, 0.4) is 0 Å². The van der Waals surface area contributed by atoms with Crippen LogP contribution in [0.4, 0.5) is 5.13 Å². The Morgan fingerprint density at radius 2 is 2.29 bits per heavy atom. The lowest BCUT2D eigenvalue weighted by atomic mass is 10.4. The minimum absolute atomic E-state index is 0.0851. The number of hydrogen-bond acceptors (Lipinski definition) is 6. The first-order valence-corrected chi connectivity index (χ1v) is 5.18. The summed E-state index contributed by atoms with van der Waals surface area (Å²) in [5.41, 5.74) is 0. The second kappa shape index (κ2) is 5.90. The molecule has 6 heteroatoms. The molecule has 1 unspecified atom stereocenters. The minimum atomic E-state index is 0.0851. The molecular formula is C8H15N3O2S. The van der Waals surface area contributed by atoms with E-state index >= 15 is 0 Å². The summed E-state index contributed by atoms with van der Waals surface area (Å²) in [7, 11) is 3.47. The van der Waals surface area contributed by atoms with Gasteiger partial charge in [0.25, 0.3) is 0 Å². The van der Waals surface area contributed by atoms with E-state index in [-0.39, 0.29) is 6.10 Å². The molecule has 0 aromatic carbocycles. The molecule has 0 saturated carbocycles. The van der Waals surface area contributed by atoms with Gasteiger partial charge in [0.2, 0.25) is 5.13 Å². The Bertz CT molecular complexity index is 267. The molecule has 0 aliphatic carbocycles. The molecule has 0 fully saturated rings. The fourth-order valence-corrected chi connectivity index (χ4v) is 1.52. The van der Waals surface area contributed by atoms with Gasteiger partial charge in [0.05, 0.1) is 12.7 Å². The zero-order valence-electron chi connectivity index (χ0n) is 8.61. The molecule has 1 atom stereocenters. The van der Waals surface area contributed by atoms with Crippen LogP contribution in [-0.2, 0) is 16.1 Å². The van der Waals surface area contributed by atoms with Crippen LogP contribution in [-0.4, -0.2) is 37.1 Å². The Hall–Kier alpha value is -0.720. The van der Waals surface area contributed by atoms with Gasteiger partial charge >= 0.3 is 0 Å². The van der Waals surface area contributed by atoms with Gasteiger partial charge in [0.1, 0.15) is 11.6 Å². The highest BCUT2D eigenvalue weighted by Gasteiger charge is 2.05. The van der Waals surface area contributed by atoms with Gasteiger partial charge in [-0.15, -0.1) is 10.2 Å². The van der Waals surface area contributed by atoms with Gasteiger partial charge < -0.3 is 14.8 Å². The van der Waals surface area contributed by atoms with Crippen LogP contribution in [0, 0.1) is 0 Å². The number of anilines is 1. The van der Waals surface area contributed by atoms with E-state index in [0.29, 0.717) is 13.2 Å². The first-order chi connectivity index (χ1) is 6.76. The van der Waals surface area contributed by atoms with Crippen molar-refractivity contribution in [2.45, 2.75) is 19.6 Å². The molecule has 0 saturated heterocycles. The molecule has 1 aromatic rings. The van der Waals surface area contributed by atoms with Crippen LogP contribution in [0.5, 0.6) is 0 Å². The quantitative estimate of drug-likeness (QED) is 0.774. The maximum absolute atomic E-state index is 5.48. The second-order valence-corrected chi connectivity index (χ2v) is 3.89. The highest BCUT2D eigenvalue weighted by atomic mass is 32.1. The molecule has 5 nitrogen and oxygen atoms in total. The van der Waals surface area contributed by atoms with Crippen molar-refractivity contribution in [1.82, 2.24) is 10.2 Å². The molecule has 0 spiro atoms. The Morgan fingerprint density at radius 1 is 1.50 bits per heavy atom.